The monoisotopic (exact) mass is 443 g/mol. The third kappa shape index (κ3) is 4.21. The van der Waals surface area contributed by atoms with Crippen molar-refractivity contribution in [3.05, 3.63) is 48.5 Å². The number of aromatic nitrogens is 1. The number of allylic oxidation sites excluding steroid dienone is 2. The molecule has 0 aromatic carbocycles. The quantitative estimate of drug-likeness (QED) is 0.728. The molecule has 0 unspecified atom stereocenters. The molecule has 1 aromatic rings. The van der Waals surface area contributed by atoms with Crippen LogP contribution >= 0.6 is 0 Å². The van der Waals surface area contributed by atoms with E-state index >= 15 is 0 Å². The molecular weight excluding hydrogens is 424 g/mol. The van der Waals surface area contributed by atoms with Crippen molar-refractivity contribution in [2.45, 2.75) is 17.5 Å². The van der Waals surface area contributed by atoms with Gasteiger partial charge in [-0.05, 0) is 0 Å². The van der Waals surface area contributed by atoms with Crippen molar-refractivity contribution in [3.63, 3.8) is 0 Å². The van der Waals surface area contributed by atoms with Gasteiger partial charge in [0, 0.05) is 0 Å². The van der Waals surface area contributed by atoms with Crippen molar-refractivity contribution in [2.24, 2.45) is 0 Å². The molecule has 5 nitrogen and oxygen atoms in total. The van der Waals surface area contributed by atoms with Gasteiger partial charge in [-0.3, -0.25) is 4.79 Å². The predicted octanol–water partition coefficient (Wildman–Crippen LogP) is 2.43. The maximum atomic E-state index is 13.5. The Kier molecular flexibility index (Phi) is 5.42. The molecule has 2 amide bonds. The van der Waals surface area contributed by atoms with E-state index in [1.807, 2.05) is 16.8 Å². The van der Waals surface area contributed by atoms with Gasteiger partial charge in [0.25, 0.3) is 0 Å². The number of rotatable bonds is 4. The number of pyridine rings is 1. The van der Waals surface area contributed by atoms with Crippen LogP contribution in [0.5, 0.6) is 0 Å². The molecule has 1 aromatic heterocycles. The molecule has 3 heterocycles. The molecular formula is C18H19FInN3O2. The predicted molar refractivity (Wildman–Crippen MR) is 96.8 cm³/mol. The Hall–Kier alpha value is -1.89. The van der Waals surface area contributed by atoms with Crippen LogP contribution in [0, 0.1) is 0 Å². The summed E-state index contributed by atoms with van der Waals surface area (Å²) in [5.74, 6) is 0.450. The molecule has 0 fully saturated rings. The number of anilines is 1. The maximum absolute atomic E-state index is 13.5. The number of carbonyl (C=O) groups is 2. The molecule has 2 aliphatic rings. The first-order chi connectivity index (χ1) is 11.9. The van der Waals surface area contributed by atoms with E-state index in [1.165, 1.54) is 6.08 Å². The van der Waals surface area contributed by atoms with E-state index in [9.17, 15) is 14.0 Å². The van der Waals surface area contributed by atoms with Gasteiger partial charge in [-0.2, -0.15) is 0 Å². The first kappa shape index (κ1) is 17.9. The van der Waals surface area contributed by atoms with Crippen molar-refractivity contribution in [1.29, 1.82) is 0 Å². The van der Waals surface area contributed by atoms with Gasteiger partial charge < -0.3 is 0 Å². The molecule has 0 aliphatic carbocycles. The molecule has 3 rings (SSSR count). The Morgan fingerprint density at radius 2 is 2.24 bits per heavy atom. The summed E-state index contributed by atoms with van der Waals surface area (Å²) < 4.78 is 16.6. The summed E-state index contributed by atoms with van der Waals surface area (Å²) in [5, 5.41) is 2.73. The van der Waals surface area contributed by atoms with Gasteiger partial charge >= 0.3 is 149 Å². The van der Waals surface area contributed by atoms with Crippen LogP contribution in [-0.4, -0.2) is 56.7 Å². The van der Waals surface area contributed by atoms with E-state index in [4.69, 9.17) is 0 Å². The fourth-order valence-electron chi connectivity index (χ4n) is 2.85. The first-order valence-corrected chi connectivity index (χ1v) is 14.8. The molecule has 0 saturated carbocycles. The van der Waals surface area contributed by atoms with Crippen LogP contribution in [0.15, 0.2) is 37.4 Å². The Morgan fingerprint density at radius 1 is 1.44 bits per heavy atom. The molecule has 25 heavy (non-hydrogen) atoms. The summed E-state index contributed by atoms with van der Waals surface area (Å²) in [6, 6.07) is 1.93. The van der Waals surface area contributed by atoms with Crippen LogP contribution in [0.25, 0.3) is 6.08 Å². The average Bonchev–Trinajstić information content (AvgIpc) is 2.91. The number of aryl methyl sites for hydroxylation is 1. The van der Waals surface area contributed by atoms with E-state index in [0.29, 0.717) is 25.2 Å². The van der Waals surface area contributed by atoms with Gasteiger partial charge in [-0.15, -0.1) is 0 Å². The van der Waals surface area contributed by atoms with Gasteiger partial charge in [0.05, 0.1) is 0 Å². The second-order valence-electron chi connectivity index (χ2n) is 6.37. The average molecular weight is 443 g/mol. The Balaban J connectivity index is 1.62. The van der Waals surface area contributed by atoms with E-state index in [1.54, 1.807) is 30.3 Å². The number of nitrogens with one attached hydrogen (secondary N) is 1. The standard InChI is InChI=1S/C17H16FN3O2.CH3.In/c1-21(10-4-2-3-9-18)16(23)8-5-13-11-14-6-7-15(22)20-17(14)19-12-13;;/h2-3,5,8,11-12H,6-7,10H2,1H3,(H,19,20,22);1H3;/b4-2?,8-5+,9-3?;;. The Labute approximate surface area is 153 Å². The van der Waals surface area contributed by atoms with Crippen LogP contribution in [-0.2, 0) is 16.0 Å². The van der Waals surface area contributed by atoms with Gasteiger partial charge in [-0.25, -0.2) is 0 Å². The molecule has 0 radical (unpaired) electrons. The van der Waals surface area contributed by atoms with Gasteiger partial charge in [0.2, 0.25) is 0 Å². The number of hydrogen-bond acceptors (Lipinski definition) is 3. The van der Waals surface area contributed by atoms with Crippen LogP contribution in [0.3, 0.4) is 0 Å². The second-order valence-corrected chi connectivity index (χ2v) is 14.2. The van der Waals surface area contributed by atoms with Crippen LogP contribution in [0.2, 0.25) is 4.68 Å². The first-order valence-electron chi connectivity index (χ1n) is 8.22. The van der Waals surface area contributed by atoms with Crippen molar-refractivity contribution in [3.8, 4) is 0 Å². The molecule has 0 bridgehead atoms. The fraction of sp³-hybridized carbons (Fsp3) is 0.278. The number of fused-ring (bicyclic) bond motifs is 1. The third-order valence-corrected chi connectivity index (χ3v) is 11.7. The molecule has 1 N–H and O–H groups in total. The van der Waals surface area contributed by atoms with Crippen molar-refractivity contribution >= 4 is 45.1 Å². The third-order valence-electron chi connectivity index (χ3n) is 4.51. The number of amides is 2. The second kappa shape index (κ2) is 7.56. The van der Waals surface area contributed by atoms with Crippen molar-refractivity contribution in [2.75, 3.05) is 18.9 Å². The molecule has 128 valence electrons. The fourth-order valence-corrected chi connectivity index (χ4v) is 7.63. The zero-order chi connectivity index (χ0) is 18.0. The zero-order valence-electron chi connectivity index (χ0n) is 14.3. The Bertz CT molecular complexity index is 817. The molecule has 2 aliphatic heterocycles. The van der Waals surface area contributed by atoms with Gasteiger partial charge in [0.1, 0.15) is 0 Å². The number of nitrogens with zero attached hydrogens (tertiary/aromatic N) is 2. The number of halogens is 1. The van der Waals surface area contributed by atoms with Crippen LogP contribution < -0.4 is 5.32 Å². The summed E-state index contributed by atoms with van der Waals surface area (Å²) in [4.78, 5) is 29.5. The van der Waals surface area contributed by atoms with Crippen molar-refractivity contribution < 1.29 is 14.0 Å². The molecule has 0 atom stereocenters. The molecule has 0 spiro atoms. The Morgan fingerprint density at radius 3 is 2.96 bits per heavy atom. The van der Waals surface area contributed by atoms with E-state index in [-0.39, 0.29) is 15.4 Å². The summed E-state index contributed by atoms with van der Waals surface area (Å²) >= 11 is -2.38. The van der Waals surface area contributed by atoms with Gasteiger partial charge in [-0.1, -0.05) is 0 Å². The summed E-state index contributed by atoms with van der Waals surface area (Å²) in [5.41, 5.74) is 1.79. The summed E-state index contributed by atoms with van der Waals surface area (Å²) in [6.45, 7) is 0.485. The van der Waals surface area contributed by atoms with Crippen molar-refractivity contribution in [1.82, 2.24) is 9.88 Å². The molecule has 0 saturated heterocycles. The summed E-state index contributed by atoms with van der Waals surface area (Å²) in [6.07, 6.45) is 9.33. The number of hydrogen-bond donors (Lipinski definition) is 1. The SMILES string of the molecule is CN(C[C]1=CC=[C](F)[In]1[CH3])C(=O)/C=C/c1cnc2c(c1)CCC(=O)N2. The van der Waals surface area contributed by atoms with Crippen LogP contribution in [0.1, 0.15) is 17.5 Å². The van der Waals surface area contributed by atoms with Crippen LogP contribution in [0.4, 0.5) is 10.2 Å². The topological polar surface area (TPSA) is 62.3 Å². The zero-order valence-corrected chi connectivity index (χ0v) is 17.5. The van der Waals surface area contributed by atoms with E-state index in [0.717, 1.165) is 14.5 Å². The van der Waals surface area contributed by atoms with Gasteiger partial charge in [0.15, 0.2) is 0 Å². The van der Waals surface area contributed by atoms with E-state index < -0.39 is 21.4 Å². The minimum absolute atomic E-state index is 0.0214. The molecule has 7 heteroatoms. The normalized spacial score (nSPS) is 16.4. The summed E-state index contributed by atoms with van der Waals surface area (Å²) in [7, 11) is 1.73. The number of carbonyl (C=O) groups excluding carboxylic acids is 2. The number of likely N-dealkylation sites (N-methyl/N-ethyl adjacent to an activating group) is 1. The minimum atomic E-state index is -2.38. The van der Waals surface area contributed by atoms with E-state index in [2.05, 4.69) is 10.3 Å².